The van der Waals surface area contributed by atoms with Crippen LogP contribution in [0.1, 0.15) is 12.7 Å². The molecule has 2 N–H and O–H groups in total. The molecular weight excluding hydrogens is 262 g/mol. The number of hydrogen-bond acceptors (Lipinski definition) is 6. The molecule has 1 heterocycles. The summed E-state index contributed by atoms with van der Waals surface area (Å²) in [7, 11) is 0. The minimum absolute atomic E-state index is 0.0346. The zero-order valence-corrected chi connectivity index (χ0v) is 11.0. The molecule has 8 nitrogen and oxygen atoms in total. The van der Waals surface area contributed by atoms with Crippen LogP contribution in [0, 0.1) is 10.1 Å². The van der Waals surface area contributed by atoms with Crippen LogP contribution >= 0.6 is 0 Å². The maximum absolute atomic E-state index is 10.9. The highest BCUT2D eigenvalue weighted by Crippen LogP contribution is 2.29. The Labute approximate surface area is 115 Å². The Balaban J connectivity index is 2.01. The van der Waals surface area contributed by atoms with E-state index in [4.69, 9.17) is 4.74 Å². The molecule has 8 heteroatoms. The fourth-order valence-electron chi connectivity index (χ4n) is 1.72. The van der Waals surface area contributed by atoms with Crippen LogP contribution in [0.25, 0.3) is 0 Å². The van der Waals surface area contributed by atoms with Gasteiger partial charge in [0.05, 0.1) is 11.5 Å². The minimum Gasteiger partial charge on any atom is -0.487 e. The van der Waals surface area contributed by atoms with E-state index in [0.29, 0.717) is 19.6 Å². The first-order chi connectivity index (χ1) is 9.70. The van der Waals surface area contributed by atoms with E-state index in [2.05, 4.69) is 20.5 Å². The zero-order valence-electron chi connectivity index (χ0n) is 11.0. The molecule has 0 aliphatic rings. The van der Waals surface area contributed by atoms with Crippen molar-refractivity contribution in [1.82, 2.24) is 15.2 Å². The van der Waals surface area contributed by atoms with Crippen LogP contribution < -0.4 is 10.1 Å². The van der Waals surface area contributed by atoms with Crippen molar-refractivity contribution >= 4 is 11.4 Å². The molecule has 1 aromatic heterocycles. The van der Waals surface area contributed by atoms with Gasteiger partial charge in [-0.25, -0.2) is 4.98 Å². The normalized spacial score (nSPS) is 10.2. The lowest BCUT2D eigenvalue weighted by Gasteiger charge is -2.08. The van der Waals surface area contributed by atoms with Gasteiger partial charge in [0.1, 0.15) is 12.2 Å². The number of ether oxygens (including phenoxy) is 1. The van der Waals surface area contributed by atoms with Gasteiger partial charge in [-0.3, -0.25) is 15.2 Å². The number of benzene rings is 1. The largest absolute Gasteiger partial charge is 0.487 e. The second-order valence-corrected chi connectivity index (χ2v) is 3.98. The fourth-order valence-corrected chi connectivity index (χ4v) is 1.72. The number of rotatable bonds is 7. The van der Waals surface area contributed by atoms with Crippen LogP contribution in [0.15, 0.2) is 24.5 Å². The van der Waals surface area contributed by atoms with Crippen molar-refractivity contribution in [2.75, 3.05) is 18.5 Å². The van der Waals surface area contributed by atoms with Crippen molar-refractivity contribution in [3.63, 3.8) is 0 Å². The van der Waals surface area contributed by atoms with E-state index in [1.807, 2.05) is 0 Å². The molecule has 1 aromatic carbocycles. The summed E-state index contributed by atoms with van der Waals surface area (Å²) in [6.07, 6.45) is 2.13. The van der Waals surface area contributed by atoms with Gasteiger partial charge in [0, 0.05) is 30.8 Å². The first-order valence-electron chi connectivity index (χ1n) is 6.20. The quantitative estimate of drug-likeness (QED) is 0.590. The Morgan fingerprint density at radius 2 is 2.35 bits per heavy atom. The fraction of sp³-hybridized carbons (Fsp3) is 0.333. The molecule has 0 saturated carbocycles. The lowest BCUT2D eigenvalue weighted by Crippen LogP contribution is -2.06. The average molecular weight is 277 g/mol. The van der Waals surface area contributed by atoms with Crippen LogP contribution in [-0.2, 0) is 6.42 Å². The van der Waals surface area contributed by atoms with Crippen molar-refractivity contribution in [1.29, 1.82) is 0 Å². The third kappa shape index (κ3) is 3.44. The van der Waals surface area contributed by atoms with Crippen LogP contribution in [-0.4, -0.2) is 33.3 Å². The van der Waals surface area contributed by atoms with Gasteiger partial charge in [-0.2, -0.15) is 5.10 Å². The van der Waals surface area contributed by atoms with Gasteiger partial charge >= 0.3 is 5.69 Å². The molecule has 0 bridgehead atoms. The summed E-state index contributed by atoms with van der Waals surface area (Å²) in [4.78, 5) is 14.4. The summed E-state index contributed by atoms with van der Waals surface area (Å²) in [5.41, 5.74) is 0.728. The number of H-pyrrole nitrogens is 1. The highest BCUT2D eigenvalue weighted by Gasteiger charge is 2.15. The smallest absolute Gasteiger partial charge is 0.311 e. The lowest BCUT2D eigenvalue weighted by atomic mass is 10.2. The van der Waals surface area contributed by atoms with Crippen LogP contribution in [0.5, 0.6) is 5.75 Å². The molecule has 0 amide bonds. The minimum atomic E-state index is -0.455. The number of aromatic nitrogens is 3. The maximum atomic E-state index is 10.9. The molecule has 20 heavy (non-hydrogen) atoms. The van der Waals surface area contributed by atoms with Crippen LogP contribution in [0.2, 0.25) is 0 Å². The standard InChI is InChI=1S/C12H15N5O3/c1-2-20-11-7-9(3-4-10(11)17(18)19)13-6-5-12-14-8-15-16-12/h3-4,7-8,13H,2,5-6H2,1H3,(H,14,15,16). The van der Waals surface area contributed by atoms with Gasteiger partial charge in [-0.1, -0.05) is 0 Å². The SMILES string of the molecule is CCOc1cc(NCCc2ncn[nH]2)ccc1[N+](=O)[O-]. The van der Waals surface area contributed by atoms with E-state index in [0.717, 1.165) is 11.5 Å². The van der Waals surface area contributed by atoms with Gasteiger partial charge in [-0.15, -0.1) is 0 Å². The third-order valence-corrected chi connectivity index (χ3v) is 2.61. The molecule has 0 spiro atoms. The van der Waals surface area contributed by atoms with Crippen molar-refractivity contribution in [3.05, 3.63) is 40.5 Å². The second kappa shape index (κ2) is 6.50. The summed E-state index contributed by atoms with van der Waals surface area (Å²) < 4.78 is 5.28. The van der Waals surface area contributed by atoms with Crippen molar-refractivity contribution in [2.24, 2.45) is 0 Å². The third-order valence-electron chi connectivity index (χ3n) is 2.61. The summed E-state index contributed by atoms with van der Waals surface area (Å²) in [6, 6.07) is 4.71. The van der Waals surface area contributed by atoms with Crippen molar-refractivity contribution in [2.45, 2.75) is 13.3 Å². The number of nitro groups is 1. The van der Waals surface area contributed by atoms with Gasteiger partial charge < -0.3 is 10.1 Å². The summed E-state index contributed by atoms with van der Waals surface area (Å²) in [5.74, 6) is 1.05. The monoisotopic (exact) mass is 277 g/mol. The van der Waals surface area contributed by atoms with Crippen molar-refractivity contribution in [3.8, 4) is 5.75 Å². The molecule has 0 fully saturated rings. The molecule has 0 radical (unpaired) electrons. The Morgan fingerprint density at radius 1 is 1.50 bits per heavy atom. The molecule has 0 saturated heterocycles. The van der Waals surface area contributed by atoms with Gasteiger partial charge in [-0.05, 0) is 13.0 Å². The van der Waals surface area contributed by atoms with E-state index in [1.54, 1.807) is 19.1 Å². The number of nitrogens with zero attached hydrogens (tertiary/aromatic N) is 3. The average Bonchev–Trinajstić information content (AvgIpc) is 2.92. The molecule has 2 aromatic rings. The van der Waals surface area contributed by atoms with E-state index >= 15 is 0 Å². The van der Waals surface area contributed by atoms with E-state index in [1.165, 1.54) is 12.4 Å². The van der Waals surface area contributed by atoms with E-state index < -0.39 is 4.92 Å². The highest BCUT2D eigenvalue weighted by atomic mass is 16.6. The van der Waals surface area contributed by atoms with Crippen LogP contribution in [0.3, 0.4) is 0 Å². The first-order valence-corrected chi connectivity index (χ1v) is 6.20. The van der Waals surface area contributed by atoms with Gasteiger partial charge in [0.15, 0.2) is 5.75 Å². The lowest BCUT2D eigenvalue weighted by molar-refractivity contribution is -0.385. The van der Waals surface area contributed by atoms with E-state index in [9.17, 15) is 10.1 Å². The predicted octanol–water partition coefficient (Wildman–Crippen LogP) is 1.77. The molecule has 0 aliphatic carbocycles. The number of anilines is 1. The van der Waals surface area contributed by atoms with E-state index in [-0.39, 0.29) is 11.4 Å². The molecular formula is C12H15N5O3. The summed E-state index contributed by atoms with van der Waals surface area (Å²) in [6.45, 7) is 2.80. The number of nitrogens with one attached hydrogen (secondary N) is 2. The number of nitro benzene ring substituents is 1. The Bertz CT molecular complexity index is 570. The maximum Gasteiger partial charge on any atom is 0.311 e. The summed E-state index contributed by atoms with van der Waals surface area (Å²) in [5, 5.41) is 20.5. The molecule has 0 unspecified atom stereocenters. The first kappa shape index (κ1) is 13.8. The number of hydrogen-bond donors (Lipinski definition) is 2. The Morgan fingerprint density at radius 3 is 3.00 bits per heavy atom. The zero-order chi connectivity index (χ0) is 14.4. The molecule has 106 valence electrons. The predicted molar refractivity (Wildman–Crippen MR) is 72.8 cm³/mol. The number of aromatic amines is 1. The van der Waals surface area contributed by atoms with Gasteiger partial charge in [0.25, 0.3) is 0 Å². The Hall–Kier alpha value is -2.64. The topological polar surface area (TPSA) is 106 Å². The van der Waals surface area contributed by atoms with Crippen LogP contribution in [0.4, 0.5) is 11.4 Å². The van der Waals surface area contributed by atoms with Crippen molar-refractivity contribution < 1.29 is 9.66 Å². The molecule has 2 rings (SSSR count). The Kier molecular flexibility index (Phi) is 4.48. The highest BCUT2D eigenvalue weighted by molar-refractivity contribution is 5.58. The summed E-state index contributed by atoms with van der Waals surface area (Å²) >= 11 is 0. The molecule has 0 atom stereocenters. The molecule has 0 aliphatic heterocycles. The second-order valence-electron chi connectivity index (χ2n) is 3.98. The van der Waals surface area contributed by atoms with Gasteiger partial charge in [0.2, 0.25) is 0 Å².